The Labute approximate surface area is 114 Å². The Morgan fingerprint density at radius 2 is 2.25 bits per heavy atom. The summed E-state index contributed by atoms with van der Waals surface area (Å²) in [7, 11) is 0. The third kappa shape index (κ3) is 2.61. The van der Waals surface area contributed by atoms with E-state index in [2.05, 4.69) is 15.6 Å². The van der Waals surface area contributed by atoms with Crippen molar-refractivity contribution in [3.63, 3.8) is 0 Å². The average Bonchev–Trinajstić information content (AvgIpc) is 2.40. The van der Waals surface area contributed by atoms with Gasteiger partial charge in [-0.3, -0.25) is 14.4 Å². The van der Waals surface area contributed by atoms with Crippen LogP contribution in [0.2, 0.25) is 0 Å². The molecular formula is C13H14N4O3. The van der Waals surface area contributed by atoms with Gasteiger partial charge in [-0.05, 0) is 24.6 Å². The van der Waals surface area contributed by atoms with E-state index in [1.807, 2.05) is 0 Å². The van der Waals surface area contributed by atoms with Crippen LogP contribution in [0, 0.1) is 6.92 Å². The van der Waals surface area contributed by atoms with Gasteiger partial charge in [-0.1, -0.05) is 6.08 Å². The first-order valence-electron chi connectivity index (χ1n) is 5.91. The normalized spacial score (nSPS) is 17.1. The molecule has 2 heterocycles. The second-order valence-corrected chi connectivity index (χ2v) is 4.30. The molecule has 0 radical (unpaired) electrons. The molecule has 104 valence electrons. The maximum atomic E-state index is 11.6. The molecule has 0 saturated carbocycles. The van der Waals surface area contributed by atoms with Gasteiger partial charge < -0.3 is 21.4 Å². The van der Waals surface area contributed by atoms with Gasteiger partial charge in [0.2, 0.25) is 6.41 Å². The van der Waals surface area contributed by atoms with Crippen LogP contribution in [0.25, 0.3) is 5.57 Å². The van der Waals surface area contributed by atoms with Crippen molar-refractivity contribution in [2.24, 2.45) is 5.73 Å². The highest BCUT2D eigenvalue weighted by Gasteiger charge is 2.14. The quantitative estimate of drug-likeness (QED) is 0.546. The largest absolute Gasteiger partial charge is 0.368 e. The summed E-state index contributed by atoms with van der Waals surface area (Å²) in [5.74, 6) is -0.777. The number of nitrogens with two attached hydrogens (primary N) is 1. The molecule has 0 saturated heterocycles. The third-order valence-electron chi connectivity index (χ3n) is 2.95. The van der Waals surface area contributed by atoms with E-state index in [0.29, 0.717) is 17.7 Å². The van der Waals surface area contributed by atoms with Crippen LogP contribution in [-0.2, 0) is 4.79 Å². The number of allylic oxidation sites excluding steroid dienone is 2. The van der Waals surface area contributed by atoms with Gasteiger partial charge in [-0.25, -0.2) is 0 Å². The lowest BCUT2D eigenvalue weighted by atomic mass is 10.0. The molecular weight excluding hydrogens is 260 g/mol. The van der Waals surface area contributed by atoms with Crippen LogP contribution in [0.15, 0.2) is 29.2 Å². The zero-order chi connectivity index (χ0) is 14.7. The highest BCUT2D eigenvalue weighted by molar-refractivity contribution is 5.93. The summed E-state index contributed by atoms with van der Waals surface area (Å²) >= 11 is 0. The van der Waals surface area contributed by atoms with Crippen molar-refractivity contribution in [3.8, 4) is 0 Å². The number of carbonyl (C=O) groups is 2. The van der Waals surface area contributed by atoms with E-state index in [4.69, 9.17) is 5.73 Å². The molecule has 1 aromatic heterocycles. The van der Waals surface area contributed by atoms with E-state index in [1.54, 1.807) is 25.3 Å². The van der Waals surface area contributed by atoms with Crippen molar-refractivity contribution >= 4 is 17.9 Å². The fourth-order valence-electron chi connectivity index (χ4n) is 1.93. The Morgan fingerprint density at radius 3 is 2.80 bits per heavy atom. The van der Waals surface area contributed by atoms with Gasteiger partial charge in [0.15, 0.2) is 0 Å². The predicted octanol–water partition coefficient (Wildman–Crippen LogP) is -0.645. The number of primary amides is 1. The molecule has 1 aliphatic rings. The molecule has 1 unspecified atom stereocenters. The first-order valence-corrected chi connectivity index (χ1v) is 5.91. The second-order valence-electron chi connectivity index (χ2n) is 4.30. The molecule has 1 aromatic rings. The van der Waals surface area contributed by atoms with Crippen LogP contribution in [-0.4, -0.2) is 23.5 Å². The standard InChI is InChI=1S/C13H14N4O3/c1-7-9(4-10(12(14)19)13(20)17-7)8-2-3-11(15-5-8)16-6-18/h2-6,11,15H,1H3,(H2,14,19)(H,16,18)(H,17,20). The number of dihydropyridines is 1. The van der Waals surface area contributed by atoms with E-state index < -0.39 is 11.5 Å². The van der Waals surface area contributed by atoms with Gasteiger partial charge in [0, 0.05) is 17.5 Å². The monoisotopic (exact) mass is 274 g/mol. The minimum Gasteiger partial charge on any atom is -0.368 e. The third-order valence-corrected chi connectivity index (χ3v) is 2.95. The molecule has 1 aliphatic heterocycles. The molecule has 0 aromatic carbocycles. The van der Waals surface area contributed by atoms with Gasteiger partial charge in [0.25, 0.3) is 11.5 Å². The Bertz CT molecular complexity index is 673. The number of nitrogens with one attached hydrogen (secondary N) is 3. The highest BCUT2D eigenvalue weighted by Crippen LogP contribution is 2.20. The molecule has 7 heteroatoms. The van der Waals surface area contributed by atoms with E-state index in [1.165, 1.54) is 6.07 Å². The van der Waals surface area contributed by atoms with Gasteiger partial charge in [-0.2, -0.15) is 0 Å². The molecule has 0 bridgehead atoms. The Balaban J connectivity index is 2.37. The maximum Gasteiger partial charge on any atom is 0.261 e. The van der Waals surface area contributed by atoms with Crippen molar-refractivity contribution in [2.45, 2.75) is 13.1 Å². The van der Waals surface area contributed by atoms with E-state index in [9.17, 15) is 14.4 Å². The Kier molecular flexibility index (Phi) is 3.69. The van der Waals surface area contributed by atoms with E-state index in [0.717, 1.165) is 5.57 Å². The molecule has 7 nitrogen and oxygen atoms in total. The fourth-order valence-corrected chi connectivity index (χ4v) is 1.93. The van der Waals surface area contributed by atoms with Crippen LogP contribution < -0.4 is 21.9 Å². The average molecular weight is 274 g/mol. The summed E-state index contributed by atoms with van der Waals surface area (Å²) in [4.78, 5) is 35.7. The number of aromatic amines is 1. The molecule has 20 heavy (non-hydrogen) atoms. The number of pyridine rings is 1. The zero-order valence-corrected chi connectivity index (χ0v) is 10.8. The molecule has 0 spiro atoms. The van der Waals surface area contributed by atoms with E-state index >= 15 is 0 Å². The number of H-pyrrole nitrogens is 1. The summed E-state index contributed by atoms with van der Waals surface area (Å²) < 4.78 is 0. The van der Waals surface area contributed by atoms with Gasteiger partial charge in [0.05, 0.1) is 0 Å². The first-order chi connectivity index (χ1) is 9.52. The minimum atomic E-state index is -0.777. The molecule has 0 aliphatic carbocycles. The summed E-state index contributed by atoms with van der Waals surface area (Å²) in [5.41, 5.74) is 6.65. The van der Waals surface area contributed by atoms with Crippen molar-refractivity contribution in [1.82, 2.24) is 15.6 Å². The SMILES string of the molecule is Cc1[nH]c(=O)c(C(N)=O)cc1C1=CNC(NC=O)C=C1. The Hall–Kier alpha value is -2.83. The van der Waals surface area contributed by atoms with Gasteiger partial charge in [0.1, 0.15) is 11.7 Å². The lowest BCUT2D eigenvalue weighted by Gasteiger charge is -2.18. The molecule has 1 atom stereocenters. The molecule has 0 fully saturated rings. The Morgan fingerprint density at radius 1 is 1.50 bits per heavy atom. The van der Waals surface area contributed by atoms with E-state index in [-0.39, 0.29) is 11.7 Å². The first kappa shape index (κ1) is 13.6. The summed E-state index contributed by atoms with van der Waals surface area (Å²) in [6.07, 6.45) is 5.53. The lowest BCUT2D eigenvalue weighted by molar-refractivity contribution is -0.110. The second kappa shape index (κ2) is 5.43. The van der Waals surface area contributed by atoms with Crippen molar-refractivity contribution < 1.29 is 9.59 Å². The number of rotatable bonds is 4. The van der Waals surface area contributed by atoms with Gasteiger partial charge >= 0.3 is 0 Å². The van der Waals surface area contributed by atoms with Crippen LogP contribution >= 0.6 is 0 Å². The lowest BCUT2D eigenvalue weighted by Crippen LogP contribution is -2.38. The highest BCUT2D eigenvalue weighted by atomic mass is 16.2. The summed E-state index contributed by atoms with van der Waals surface area (Å²) in [6, 6.07) is 1.46. The van der Waals surface area contributed by atoms with Crippen LogP contribution in [0.5, 0.6) is 0 Å². The topological polar surface area (TPSA) is 117 Å². The summed E-state index contributed by atoms with van der Waals surface area (Å²) in [5, 5.41) is 5.51. The predicted molar refractivity (Wildman–Crippen MR) is 73.6 cm³/mol. The smallest absolute Gasteiger partial charge is 0.261 e. The maximum absolute atomic E-state index is 11.6. The number of aryl methyl sites for hydroxylation is 1. The number of hydrogen-bond acceptors (Lipinski definition) is 4. The van der Waals surface area contributed by atoms with Crippen molar-refractivity contribution in [1.29, 1.82) is 0 Å². The molecule has 2 rings (SSSR count). The summed E-state index contributed by atoms with van der Waals surface area (Å²) in [6.45, 7) is 1.73. The fraction of sp³-hybridized carbons (Fsp3) is 0.154. The van der Waals surface area contributed by atoms with Crippen LogP contribution in [0.1, 0.15) is 21.6 Å². The van der Waals surface area contributed by atoms with Crippen LogP contribution in [0.4, 0.5) is 0 Å². The van der Waals surface area contributed by atoms with Crippen molar-refractivity contribution in [2.75, 3.05) is 0 Å². The molecule has 5 N–H and O–H groups in total. The number of amides is 2. The molecule has 2 amide bonds. The van der Waals surface area contributed by atoms with Crippen molar-refractivity contribution in [3.05, 3.63) is 51.6 Å². The number of aromatic nitrogens is 1. The van der Waals surface area contributed by atoms with Gasteiger partial charge in [-0.15, -0.1) is 0 Å². The zero-order valence-electron chi connectivity index (χ0n) is 10.8. The van der Waals surface area contributed by atoms with Crippen LogP contribution in [0.3, 0.4) is 0 Å². The number of hydrogen-bond donors (Lipinski definition) is 4. The minimum absolute atomic E-state index is 0.0898. The number of carbonyl (C=O) groups excluding carboxylic acids is 2.